The molecule has 0 radical (unpaired) electrons. The maximum atomic E-state index is 12.2. The molecule has 1 aliphatic carbocycles. The Hall–Kier alpha value is -2.37. The third-order valence-electron chi connectivity index (χ3n) is 4.64. The zero-order chi connectivity index (χ0) is 17.1. The van der Waals surface area contributed by atoms with Crippen LogP contribution in [0, 0.1) is 5.92 Å². The maximum Gasteiger partial charge on any atom is 0.335 e. The van der Waals surface area contributed by atoms with Crippen LogP contribution in [-0.2, 0) is 16.0 Å². The van der Waals surface area contributed by atoms with E-state index in [2.05, 4.69) is 5.32 Å². The van der Waals surface area contributed by atoms with Gasteiger partial charge in [0, 0.05) is 25.0 Å². The number of nitrogens with one attached hydrogen (secondary N) is 1. The fourth-order valence-corrected chi connectivity index (χ4v) is 3.11. The zero-order valence-electron chi connectivity index (χ0n) is 13.5. The quantitative estimate of drug-likeness (QED) is 0.855. The van der Waals surface area contributed by atoms with Gasteiger partial charge in [-0.3, -0.25) is 9.59 Å². The molecule has 24 heavy (non-hydrogen) atoms. The number of carboxylic acids is 1. The van der Waals surface area contributed by atoms with Gasteiger partial charge in [-0.2, -0.15) is 0 Å². The third kappa shape index (κ3) is 4.13. The van der Waals surface area contributed by atoms with Crippen molar-refractivity contribution in [2.45, 2.75) is 38.1 Å². The normalized spacial score (nSPS) is 18.2. The van der Waals surface area contributed by atoms with Crippen LogP contribution in [0.25, 0.3) is 0 Å². The second kappa shape index (κ2) is 7.03. The number of benzene rings is 1. The van der Waals surface area contributed by atoms with Gasteiger partial charge in [-0.05, 0) is 43.4 Å². The summed E-state index contributed by atoms with van der Waals surface area (Å²) in [6, 6.07) is 6.52. The summed E-state index contributed by atoms with van der Waals surface area (Å²) in [5.74, 6) is -0.586. The van der Waals surface area contributed by atoms with Crippen LogP contribution in [0.2, 0.25) is 0 Å². The Kier molecular flexibility index (Phi) is 4.83. The number of rotatable bonds is 5. The summed E-state index contributed by atoms with van der Waals surface area (Å²) in [5.41, 5.74) is 0.876. The van der Waals surface area contributed by atoms with Gasteiger partial charge in [-0.15, -0.1) is 0 Å². The van der Waals surface area contributed by atoms with Crippen molar-refractivity contribution in [3.8, 4) is 0 Å². The van der Waals surface area contributed by atoms with Gasteiger partial charge >= 0.3 is 5.97 Å². The molecule has 128 valence electrons. The monoisotopic (exact) mass is 330 g/mol. The summed E-state index contributed by atoms with van der Waals surface area (Å²) in [7, 11) is 0. The molecular weight excluding hydrogens is 308 g/mol. The molecule has 0 unspecified atom stereocenters. The molecule has 1 aliphatic heterocycles. The molecule has 0 aromatic heterocycles. The van der Waals surface area contributed by atoms with Crippen LogP contribution in [0.15, 0.2) is 24.3 Å². The minimum atomic E-state index is -0.995. The van der Waals surface area contributed by atoms with Gasteiger partial charge < -0.3 is 15.3 Å². The van der Waals surface area contributed by atoms with E-state index in [1.54, 1.807) is 12.1 Å². The molecule has 6 heteroatoms. The minimum absolute atomic E-state index is 0.0865. The average molecular weight is 330 g/mol. The van der Waals surface area contributed by atoms with Gasteiger partial charge in [-0.25, -0.2) is 4.79 Å². The van der Waals surface area contributed by atoms with E-state index in [1.807, 2.05) is 4.90 Å². The van der Waals surface area contributed by atoms with E-state index in [0.717, 1.165) is 25.7 Å². The highest BCUT2D eigenvalue weighted by atomic mass is 16.4. The van der Waals surface area contributed by atoms with Crippen LogP contribution in [0.4, 0.5) is 0 Å². The third-order valence-corrected chi connectivity index (χ3v) is 4.64. The maximum absolute atomic E-state index is 12.2. The van der Waals surface area contributed by atoms with Gasteiger partial charge in [0.15, 0.2) is 0 Å². The van der Waals surface area contributed by atoms with Crippen molar-refractivity contribution in [2.75, 3.05) is 13.1 Å². The molecule has 2 fully saturated rings. The number of likely N-dealkylation sites (tertiary alicyclic amines) is 1. The lowest BCUT2D eigenvalue weighted by atomic mass is 10.0. The van der Waals surface area contributed by atoms with Gasteiger partial charge in [0.1, 0.15) is 0 Å². The lowest BCUT2D eigenvalue weighted by molar-refractivity contribution is -0.133. The molecule has 2 amide bonds. The number of carbonyl (C=O) groups excluding carboxylic acids is 2. The Balaban J connectivity index is 1.46. The van der Waals surface area contributed by atoms with Crippen molar-refractivity contribution in [1.29, 1.82) is 0 Å². The first kappa shape index (κ1) is 16.5. The second-order valence-electron chi connectivity index (χ2n) is 6.62. The van der Waals surface area contributed by atoms with E-state index in [0.29, 0.717) is 18.7 Å². The fourth-order valence-electron chi connectivity index (χ4n) is 3.11. The van der Waals surface area contributed by atoms with E-state index in [9.17, 15) is 14.4 Å². The first-order valence-corrected chi connectivity index (χ1v) is 8.43. The Morgan fingerprint density at radius 1 is 1.12 bits per heavy atom. The van der Waals surface area contributed by atoms with Crippen LogP contribution >= 0.6 is 0 Å². The number of carbonyl (C=O) groups is 3. The predicted molar refractivity (Wildman–Crippen MR) is 87.6 cm³/mol. The van der Waals surface area contributed by atoms with Gasteiger partial charge in [-0.1, -0.05) is 12.1 Å². The number of nitrogens with zero attached hydrogens (tertiary/aromatic N) is 1. The van der Waals surface area contributed by atoms with E-state index >= 15 is 0 Å². The predicted octanol–water partition coefficient (Wildman–Crippen LogP) is 1.44. The number of hydrogen-bond acceptors (Lipinski definition) is 3. The molecule has 1 saturated carbocycles. The molecule has 2 aliphatic rings. The summed E-state index contributed by atoms with van der Waals surface area (Å²) in [5, 5.41) is 12.0. The molecule has 1 heterocycles. The highest BCUT2D eigenvalue weighted by molar-refractivity contribution is 5.88. The number of aromatic carboxylic acids is 1. The largest absolute Gasteiger partial charge is 0.478 e. The second-order valence-corrected chi connectivity index (χ2v) is 6.62. The first-order valence-electron chi connectivity index (χ1n) is 8.43. The lowest BCUT2D eigenvalue weighted by Gasteiger charge is -2.32. The van der Waals surface area contributed by atoms with Crippen molar-refractivity contribution >= 4 is 17.8 Å². The highest BCUT2D eigenvalue weighted by Gasteiger charge is 2.35. The van der Waals surface area contributed by atoms with Crippen LogP contribution in [-0.4, -0.2) is 46.9 Å². The minimum Gasteiger partial charge on any atom is -0.478 e. The molecule has 2 N–H and O–H groups in total. The van der Waals surface area contributed by atoms with Gasteiger partial charge in [0.05, 0.1) is 12.0 Å². The molecule has 1 aromatic carbocycles. The van der Waals surface area contributed by atoms with E-state index in [-0.39, 0.29) is 35.8 Å². The van der Waals surface area contributed by atoms with E-state index in [1.165, 1.54) is 12.1 Å². The number of amides is 2. The first-order chi connectivity index (χ1) is 11.5. The smallest absolute Gasteiger partial charge is 0.335 e. The molecule has 1 aromatic rings. The SMILES string of the molecule is O=C(Cc1cccc(C(=O)O)c1)NC1CCN(C(=O)C2CC2)CC1. The number of hydrogen-bond donors (Lipinski definition) is 2. The van der Waals surface area contributed by atoms with Crippen molar-refractivity contribution in [3.63, 3.8) is 0 Å². The Morgan fingerprint density at radius 2 is 1.83 bits per heavy atom. The average Bonchev–Trinajstić information content (AvgIpc) is 3.40. The molecule has 3 rings (SSSR count). The van der Waals surface area contributed by atoms with Crippen molar-refractivity contribution in [1.82, 2.24) is 10.2 Å². The summed E-state index contributed by atoms with van der Waals surface area (Å²) in [6.45, 7) is 1.41. The van der Waals surface area contributed by atoms with Crippen LogP contribution in [0.5, 0.6) is 0 Å². The highest BCUT2D eigenvalue weighted by Crippen LogP contribution is 2.31. The van der Waals surface area contributed by atoms with E-state index in [4.69, 9.17) is 5.11 Å². The Bertz CT molecular complexity index is 646. The molecule has 0 bridgehead atoms. The van der Waals surface area contributed by atoms with Gasteiger partial charge in [0.2, 0.25) is 11.8 Å². The lowest BCUT2D eigenvalue weighted by Crippen LogP contribution is -2.47. The number of piperidine rings is 1. The summed E-state index contributed by atoms with van der Waals surface area (Å²) >= 11 is 0. The molecular formula is C18H22N2O4. The fraction of sp³-hybridized carbons (Fsp3) is 0.500. The van der Waals surface area contributed by atoms with E-state index < -0.39 is 5.97 Å². The van der Waals surface area contributed by atoms with Crippen molar-refractivity contribution in [2.24, 2.45) is 5.92 Å². The molecule has 6 nitrogen and oxygen atoms in total. The summed E-state index contributed by atoms with van der Waals surface area (Å²) < 4.78 is 0. The van der Waals surface area contributed by atoms with Gasteiger partial charge in [0.25, 0.3) is 0 Å². The summed E-state index contributed by atoms with van der Waals surface area (Å²) in [4.78, 5) is 37.0. The van der Waals surface area contributed by atoms with Crippen molar-refractivity contribution < 1.29 is 19.5 Å². The summed E-state index contributed by atoms with van der Waals surface area (Å²) in [6.07, 6.45) is 3.76. The zero-order valence-corrected chi connectivity index (χ0v) is 13.5. The molecule has 0 atom stereocenters. The van der Waals surface area contributed by atoms with Crippen molar-refractivity contribution in [3.05, 3.63) is 35.4 Å². The molecule has 1 saturated heterocycles. The number of carboxylic acid groups (broad SMARTS) is 1. The van der Waals surface area contributed by atoms with Crippen LogP contribution in [0.3, 0.4) is 0 Å². The topological polar surface area (TPSA) is 86.7 Å². The molecule has 0 spiro atoms. The standard InChI is InChI=1S/C18H22N2O4/c21-16(11-12-2-1-3-14(10-12)18(23)24)19-15-6-8-20(9-7-15)17(22)13-4-5-13/h1-3,10,13,15H,4-9,11H2,(H,19,21)(H,23,24). The Morgan fingerprint density at radius 3 is 2.46 bits per heavy atom. The van der Waals surface area contributed by atoms with Crippen LogP contribution < -0.4 is 5.32 Å². The van der Waals surface area contributed by atoms with Crippen LogP contribution in [0.1, 0.15) is 41.6 Å². The Labute approximate surface area is 140 Å².